The average Bonchev–Trinajstić information content (AvgIpc) is 3.27. The number of hydrogen-bond acceptors (Lipinski definition) is 7. The molecule has 1 unspecified atom stereocenters. The van der Waals surface area contributed by atoms with Crippen LogP contribution >= 0.6 is 11.3 Å². The van der Waals surface area contributed by atoms with Gasteiger partial charge >= 0.3 is 0 Å². The van der Waals surface area contributed by atoms with E-state index >= 15 is 0 Å². The van der Waals surface area contributed by atoms with Gasteiger partial charge in [0.15, 0.2) is 0 Å². The Bertz CT molecular complexity index is 1020. The third kappa shape index (κ3) is 7.08. The van der Waals surface area contributed by atoms with Crippen LogP contribution in [0, 0.1) is 6.92 Å². The summed E-state index contributed by atoms with van der Waals surface area (Å²) in [5, 5.41) is 5.54. The summed E-state index contributed by atoms with van der Waals surface area (Å²) in [5.41, 5.74) is 3.02. The van der Waals surface area contributed by atoms with Gasteiger partial charge in [-0.15, -0.1) is 11.3 Å². The maximum absolute atomic E-state index is 12.1. The van der Waals surface area contributed by atoms with E-state index in [4.69, 9.17) is 4.74 Å². The van der Waals surface area contributed by atoms with E-state index in [1.54, 1.807) is 5.38 Å². The smallest absolute Gasteiger partial charge is 0.270 e. The number of pyridine rings is 1. The van der Waals surface area contributed by atoms with Crippen molar-refractivity contribution in [3.63, 3.8) is 0 Å². The number of nitrogens with one attached hydrogen (secondary N) is 1. The zero-order valence-corrected chi connectivity index (χ0v) is 20.1. The number of hydrogen-bond donors (Lipinski definition) is 1. The topological polar surface area (TPSA) is 70.6 Å². The summed E-state index contributed by atoms with van der Waals surface area (Å²) in [6, 6.07) is 12.4. The van der Waals surface area contributed by atoms with Gasteiger partial charge in [-0.05, 0) is 43.2 Å². The second-order valence-corrected chi connectivity index (χ2v) is 9.51. The first-order valence-electron chi connectivity index (χ1n) is 11.3. The molecule has 0 bridgehead atoms. The Labute approximate surface area is 199 Å². The highest BCUT2D eigenvalue weighted by molar-refractivity contribution is 7.09. The molecule has 1 amide bonds. The van der Waals surface area contributed by atoms with Gasteiger partial charge in [0.25, 0.3) is 5.91 Å². The second kappa shape index (κ2) is 11.4. The van der Waals surface area contributed by atoms with E-state index in [2.05, 4.69) is 43.3 Å². The lowest BCUT2D eigenvalue weighted by atomic mass is 10.2. The fourth-order valence-electron chi connectivity index (χ4n) is 3.86. The largest absolute Gasteiger partial charge is 0.489 e. The van der Waals surface area contributed by atoms with Crippen LogP contribution in [0.4, 0.5) is 0 Å². The standard InChI is InChI=1S/C25H31N5O2S/c1-19(14-27-25(31)24-18-33-20(2)28-24)32-23-7-5-21(6-8-23)16-29-10-12-30(13-11-29)17-22-4-3-9-26-15-22/h3-9,15,18-19H,10-14,16-17H2,1-2H3,(H,27,31). The Balaban J connectivity index is 1.17. The van der Waals surface area contributed by atoms with Crippen LogP contribution in [-0.2, 0) is 13.1 Å². The van der Waals surface area contributed by atoms with Crippen molar-refractivity contribution >= 4 is 17.2 Å². The van der Waals surface area contributed by atoms with Gasteiger partial charge in [0.05, 0.1) is 11.6 Å². The summed E-state index contributed by atoms with van der Waals surface area (Å²) in [4.78, 5) is 25.5. The van der Waals surface area contributed by atoms with Crippen molar-refractivity contribution in [3.8, 4) is 5.75 Å². The molecule has 1 fully saturated rings. The molecule has 0 radical (unpaired) electrons. The minimum absolute atomic E-state index is 0.132. The minimum atomic E-state index is -0.161. The highest BCUT2D eigenvalue weighted by atomic mass is 32.1. The average molecular weight is 466 g/mol. The Hall–Kier alpha value is -2.81. The SMILES string of the molecule is Cc1nc(C(=O)NCC(C)Oc2ccc(CN3CCN(Cc4cccnc4)CC3)cc2)cs1. The number of benzene rings is 1. The molecule has 2 aromatic heterocycles. The molecular formula is C25H31N5O2S. The lowest BCUT2D eigenvalue weighted by Crippen LogP contribution is -2.45. The van der Waals surface area contributed by atoms with Crippen LogP contribution < -0.4 is 10.1 Å². The number of rotatable bonds is 9. The van der Waals surface area contributed by atoms with Crippen molar-refractivity contribution in [1.29, 1.82) is 0 Å². The fourth-order valence-corrected chi connectivity index (χ4v) is 4.45. The van der Waals surface area contributed by atoms with E-state index in [1.807, 2.05) is 44.4 Å². The number of thiazole rings is 1. The van der Waals surface area contributed by atoms with Crippen LogP contribution in [0.3, 0.4) is 0 Å². The molecule has 1 saturated heterocycles. The highest BCUT2D eigenvalue weighted by Crippen LogP contribution is 2.17. The number of carbonyl (C=O) groups is 1. The lowest BCUT2D eigenvalue weighted by Gasteiger charge is -2.34. The molecule has 1 aliphatic heterocycles. The Morgan fingerprint density at radius 2 is 1.79 bits per heavy atom. The molecule has 0 saturated carbocycles. The molecular weight excluding hydrogens is 434 g/mol. The van der Waals surface area contributed by atoms with E-state index in [1.165, 1.54) is 22.5 Å². The van der Waals surface area contributed by atoms with Gasteiger partial charge in [-0.2, -0.15) is 0 Å². The van der Waals surface area contributed by atoms with Crippen LogP contribution in [0.15, 0.2) is 54.2 Å². The van der Waals surface area contributed by atoms with E-state index in [0.717, 1.165) is 50.0 Å². The van der Waals surface area contributed by atoms with Gasteiger partial charge in [0.2, 0.25) is 0 Å². The van der Waals surface area contributed by atoms with Gasteiger partial charge in [-0.25, -0.2) is 4.98 Å². The van der Waals surface area contributed by atoms with Crippen molar-refractivity contribution in [2.75, 3.05) is 32.7 Å². The van der Waals surface area contributed by atoms with Gasteiger partial charge in [-0.3, -0.25) is 19.6 Å². The Morgan fingerprint density at radius 3 is 2.39 bits per heavy atom. The zero-order valence-electron chi connectivity index (χ0n) is 19.2. The summed E-state index contributed by atoms with van der Waals surface area (Å²) in [5.74, 6) is 0.650. The maximum Gasteiger partial charge on any atom is 0.270 e. The summed E-state index contributed by atoms with van der Waals surface area (Å²) < 4.78 is 5.96. The molecule has 174 valence electrons. The molecule has 3 heterocycles. The van der Waals surface area contributed by atoms with E-state index in [9.17, 15) is 4.79 Å². The number of amides is 1. The molecule has 1 aliphatic rings. The third-order valence-electron chi connectivity index (χ3n) is 5.66. The molecule has 33 heavy (non-hydrogen) atoms. The maximum atomic E-state index is 12.1. The van der Waals surface area contributed by atoms with Crippen molar-refractivity contribution in [2.45, 2.75) is 33.0 Å². The van der Waals surface area contributed by atoms with Crippen molar-refractivity contribution in [2.24, 2.45) is 0 Å². The first-order valence-corrected chi connectivity index (χ1v) is 12.2. The zero-order chi connectivity index (χ0) is 23.0. The molecule has 7 nitrogen and oxygen atoms in total. The first-order chi connectivity index (χ1) is 16.0. The lowest BCUT2D eigenvalue weighted by molar-refractivity contribution is 0.0927. The van der Waals surface area contributed by atoms with Crippen LogP contribution in [0.2, 0.25) is 0 Å². The predicted octanol–water partition coefficient (Wildman–Crippen LogP) is 3.36. The van der Waals surface area contributed by atoms with Crippen molar-refractivity contribution < 1.29 is 9.53 Å². The number of piperazine rings is 1. The molecule has 1 aromatic carbocycles. The van der Waals surface area contributed by atoms with Gasteiger partial charge in [0.1, 0.15) is 17.5 Å². The minimum Gasteiger partial charge on any atom is -0.489 e. The van der Waals surface area contributed by atoms with Crippen LogP contribution in [0.25, 0.3) is 0 Å². The summed E-state index contributed by atoms with van der Waals surface area (Å²) >= 11 is 1.47. The van der Waals surface area contributed by atoms with Crippen molar-refractivity contribution in [3.05, 3.63) is 76.0 Å². The number of ether oxygens (including phenoxy) is 1. The molecule has 1 atom stereocenters. The predicted molar refractivity (Wildman–Crippen MR) is 131 cm³/mol. The number of nitrogens with zero attached hydrogens (tertiary/aromatic N) is 4. The summed E-state index contributed by atoms with van der Waals surface area (Å²) in [6.07, 6.45) is 3.64. The quantitative estimate of drug-likeness (QED) is 0.523. The molecule has 8 heteroatoms. The van der Waals surface area contributed by atoms with E-state index in [0.29, 0.717) is 12.2 Å². The molecule has 3 aromatic rings. The molecule has 0 spiro atoms. The Kier molecular flexibility index (Phi) is 8.04. The monoisotopic (exact) mass is 465 g/mol. The summed E-state index contributed by atoms with van der Waals surface area (Å²) in [7, 11) is 0. The Morgan fingerprint density at radius 1 is 1.09 bits per heavy atom. The van der Waals surface area contributed by atoms with Crippen molar-refractivity contribution in [1.82, 2.24) is 25.1 Å². The van der Waals surface area contributed by atoms with Gasteiger partial charge in [-0.1, -0.05) is 18.2 Å². The van der Waals surface area contributed by atoms with Crippen LogP contribution in [0.5, 0.6) is 5.75 Å². The summed E-state index contributed by atoms with van der Waals surface area (Å²) in [6.45, 7) is 10.4. The first kappa shape index (κ1) is 23.4. The number of aryl methyl sites for hydroxylation is 1. The third-order valence-corrected chi connectivity index (χ3v) is 6.44. The van der Waals surface area contributed by atoms with E-state index < -0.39 is 0 Å². The number of aromatic nitrogens is 2. The molecule has 1 N–H and O–H groups in total. The normalized spacial score (nSPS) is 15.8. The molecule has 4 rings (SSSR count). The van der Waals surface area contributed by atoms with Crippen LogP contribution in [-0.4, -0.2) is 64.5 Å². The second-order valence-electron chi connectivity index (χ2n) is 8.45. The van der Waals surface area contributed by atoms with Gasteiger partial charge < -0.3 is 10.1 Å². The fraction of sp³-hybridized carbons (Fsp3) is 0.400. The van der Waals surface area contributed by atoms with Gasteiger partial charge in [0, 0.05) is 57.0 Å². The number of carbonyl (C=O) groups excluding carboxylic acids is 1. The molecule has 0 aliphatic carbocycles. The van der Waals surface area contributed by atoms with Crippen LogP contribution in [0.1, 0.15) is 33.5 Å². The van der Waals surface area contributed by atoms with E-state index in [-0.39, 0.29) is 12.0 Å². The highest BCUT2D eigenvalue weighted by Gasteiger charge is 2.17.